The van der Waals surface area contributed by atoms with E-state index in [4.69, 9.17) is 9.47 Å². The number of nitrogens with one attached hydrogen (secondary N) is 2. The van der Waals surface area contributed by atoms with Crippen LogP contribution in [0.2, 0.25) is 0 Å². The van der Waals surface area contributed by atoms with Gasteiger partial charge in [0, 0.05) is 47.7 Å². The molecule has 2 heterocycles. The van der Waals surface area contributed by atoms with Crippen molar-refractivity contribution in [1.82, 2.24) is 0 Å². The van der Waals surface area contributed by atoms with Crippen LogP contribution in [-0.4, -0.2) is 19.6 Å². The molecule has 0 aliphatic carbocycles. The van der Waals surface area contributed by atoms with Gasteiger partial charge < -0.3 is 20.1 Å². The Morgan fingerprint density at radius 3 is 2.41 bits per heavy atom. The standard InChI is InChI=1S/C29H24N2O3/c1-30-20-11-13-24-27(18-20)33-26-14-12-21(31-16-15-19-7-3-2-4-8-19)17-25(26)29(24)23-10-6-5-9-22(23)28(32)34-29/h2-14,17-18,30-31H,15-16H2,1H3. The summed E-state index contributed by atoms with van der Waals surface area (Å²) in [6, 6.07) is 29.9. The summed E-state index contributed by atoms with van der Waals surface area (Å²) in [5, 5.41) is 6.68. The van der Waals surface area contributed by atoms with Gasteiger partial charge >= 0.3 is 5.97 Å². The molecule has 6 rings (SSSR count). The summed E-state index contributed by atoms with van der Waals surface area (Å²) < 4.78 is 12.6. The molecule has 2 N–H and O–H groups in total. The summed E-state index contributed by atoms with van der Waals surface area (Å²) in [5.74, 6) is 1.03. The highest BCUT2D eigenvalue weighted by atomic mass is 16.6. The fourth-order valence-corrected chi connectivity index (χ4v) is 4.93. The molecule has 1 atom stereocenters. The van der Waals surface area contributed by atoms with Crippen molar-refractivity contribution < 1.29 is 14.3 Å². The third-order valence-corrected chi connectivity index (χ3v) is 6.59. The van der Waals surface area contributed by atoms with E-state index in [2.05, 4.69) is 34.9 Å². The zero-order valence-corrected chi connectivity index (χ0v) is 18.8. The lowest BCUT2D eigenvalue weighted by Crippen LogP contribution is -2.33. The van der Waals surface area contributed by atoms with Crippen molar-refractivity contribution >= 4 is 17.3 Å². The maximum absolute atomic E-state index is 13.0. The van der Waals surface area contributed by atoms with Gasteiger partial charge in [-0.3, -0.25) is 0 Å². The molecule has 34 heavy (non-hydrogen) atoms. The minimum absolute atomic E-state index is 0.325. The summed E-state index contributed by atoms with van der Waals surface area (Å²) >= 11 is 0. The second-order valence-electron chi connectivity index (χ2n) is 8.55. The van der Waals surface area contributed by atoms with Crippen LogP contribution < -0.4 is 15.4 Å². The molecule has 1 unspecified atom stereocenters. The Bertz CT molecular complexity index is 1400. The first-order chi connectivity index (χ1) is 16.7. The predicted octanol–water partition coefficient (Wildman–Crippen LogP) is 5.95. The topological polar surface area (TPSA) is 59.6 Å². The molecule has 2 aliphatic rings. The van der Waals surface area contributed by atoms with Crippen LogP contribution in [0.25, 0.3) is 0 Å². The zero-order valence-electron chi connectivity index (χ0n) is 18.8. The van der Waals surface area contributed by atoms with Gasteiger partial charge in [0.25, 0.3) is 0 Å². The van der Waals surface area contributed by atoms with Crippen molar-refractivity contribution in [3.63, 3.8) is 0 Å². The van der Waals surface area contributed by atoms with Crippen molar-refractivity contribution in [2.75, 3.05) is 24.2 Å². The van der Waals surface area contributed by atoms with Gasteiger partial charge in [0.05, 0.1) is 5.56 Å². The number of anilines is 2. The molecule has 4 aromatic rings. The summed E-state index contributed by atoms with van der Waals surface area (Å²) in [6.45, 7) is 0.787. The normalized spacial score (nSPS) is 17.3. The molecule has 0 fully saturated rings. The fraction of sp³-hybridized carbons (Fsp3) is 0.138. The smallest absolute Gasteiger partial charge is 0.340 e. The molecule has 0 amide bonds. The highest BCUT2D eigenvalue weighted by Gasteiger charge is 2.53. The number of hydrogen-bond acceptors (Lipinski definition) is 5. The van der Waals surface area contributed by atoms with Crippen LogP contribution in [0.1, 0.15) is 32.6 Å². The van der Waals surface area contributed by atoms with E-state index in [9.17, 15) is 4.79 Å². The lowest BCUT2D eigenvalue weighted by molar-refractivity contribution is 0.0224. The summed E-state index contributed by atoms with van der Waals surface area (Å²) in [5.41, 5.74) is 5.16. The van der Waals surface area contributed by atoms with Crippen LogP contribution in [0.4, 0.5) is 11.4 Å². The molecular weight excluding hydrogens is 424 g/mol. The number of ether oxygens (including phenoxy) is 2. The summed E-state index contributed by atoms with van der Waals surface area (Å²) in [4.78, 5) is 13.0. The first-order valence-electron chi connectivity index (χ1n) is 11.4. The monoisotopic (exact) mass is 448 g/mol. The highest BCUT2D eigenvalue weighted by Crippen LogP contribution is 2.56. The Hall–Kier alpha value is -4.25. The number of carbonyl (C=O) groups is 1. The van der Waals surface area contributed by atoms with Crippen LogP contribution in [-0.2, 0) is 16.8 Å². The van der Waals surface area contributed by atoms with Gasteiger partial charge in [0.1, 0.15) is 11.5 Å². The largest absolute Gasteiger partial charge is 0.456 e. The molecule has 0 aromatic heterocycles. The van der Waals surface area contributed by atoms with Crippen LogP contribution in [0.3, 0.4) is 0 Å². The maximum Gasteiger partial charge on any atom is 0.340 e. The molecule has 5 nitrogen and oxygen atoms in total. The Morgan fingerprint density at radius 1 is 0.765 bits per heavy atom. The molecule has 0 radical (unpaired) electrons. The van der Waals surface area contributed by atoms with Crippen molar-refractivity contribution in [3.05, 3.63) is 119 Å². The number of carbonyl (C=O) groups excluding carboxylic acids is 1. The number of esters is 1. The van der Waals surface area contributed by atoms with E-state index in [0.29, 0.717) is 17.1 Å². The lowest BCUT2D eigenvalue weighted by atomic mass is 9.77. The number of hydrogen-bond donors (Lipinski definition) is 2. The Kier molecular flexibility index (Phi) is 4.77. The van der Waals surface area contributed by atoms with Gasteiger partial charge in [0.15, 0.2) is 5.60 Å². The van der Waals surface area contributed by atoms with E-state index in [1.165, 1.54) is 5.56 Å². The second-order valence-corrected chi connectivity index (χ2v) is 8.55. The van der Waals surface area contributed by atoms with Gasteiger partial charge in [-0.15, -0.1) is 0 Å². The molecule has 5 heteroatoms. The van der Waals surface area contributed by atoms with Crippen molar-refractivity contribution in [2.24, 2.45) is 0 Å². The van der Waals surface area contributed by atoms with Gasteiger partial charge in [-0.1, -0.05) is 48.5 Å². The van der Waals surface area contributed by atoms with E-state index in [1.54, 1.807) is 0 Å². The molecule has 0 saturated heterocycles. The average Bonchev–Trinajstić information content (AvgIpc) is 3.18. The Balaban J connectivity index is 1.44. The lowest BCUT2D eigenvalue weighted by Gasteiger charge is -2.37. The third kappa shape index (κ3) is 3.12. The van der Waals surface area contributed by atoms with Crippen LogP contribution >= 0.6 is 0 Å². The van der Waals surface area contributed by atoms with Crippen molar-refractivity contribution in [2.45, 2.75) is 12.0 Å². The van der Waals surface area contributed by atoms with Gasteiger partial charge in [0.2, 0.25) is 0 Å². The van der Waals surface area contributed by atoms with Gasteiger partial charge in [-0.05, 0) is 48.4 Å². The summed E-state index contributed by atoms with van der Waals surface area (Å²) in [6.07, 6.45) is 0.910. The van der Waals surface area contributed by atoms with E-state index < -0.39 is 5.60 Å². The first kappa shape index (κ1) is 20.4. The highest BCUT2D eigenvalue weighted by molar-refractivity contribution is 5.97. The minimum atomic E-state index is -1.06. The number of rotatable bonds is 5. The molecule has 2 aliphatic heterocycles. The van der Waals surface area contributed by atoms with Crippen LogP contribution in [0, 0.1) is 0 Å². The fourth-order valence-electron chi connectivity index (χ4n) is 4.93. The van der Waals surface area contributed by atoms with E-state index in [0.717, 1.165) is 41.0 Å². The van der Waals surface area contributed by atoms with Crippen LogP contribution in [0.5, 0.6) is 11.5 Å². The molecule has 4 aromatic carbocycles. The summed E-state index contributed by atoms with van der Waals surface area (Å²) in [7, 11) is 1.87. The zero-order chi connectivity index (χ0) is 23.1. The predicted molar refractivity (Wildman–Crippen MR) is 133 cm³/mol. The SMILES string of the molecule is CNc1ccc2c(c1)Oc1ccc(NCCc3ccccc3)cc1C21OC(=O)c2ccccc21. The van der Waals surface area contributed by atoms with E-state index in [-0.39, 0.29) is 5.97 Å². The Morgan fingerprint density at radius 2 is 1.56 bits per heavy atom. The molecule has 0 saturated carbocycles. The van der Waals surface area contributed by atoms with E-state index >= 15 is 0 Å². The maximum atomic E-state index is 13.0. The van der Waals surface area contributed by atoms with Gasteiger partial charge in [-0.2, -0.15) is 0 Å². The van der Waals surface area contributed by atoms with E-state index in [1.807, 2.05) is 73.8 Å². The number of fused-ring (bicyclic) bond motifs is 6. The Labute approximate surface area is 198 Å². The molecule has 1 spiro atoms. The number of benzene rings is 4. The minimum Gasteiger partial charge on any atom is -0.456 e. The third-order valence-electron chi connectivity index (χ3n) is 6.59. The molecule has 168 valence electrons. The molecular formula is C29H24N2O3. The van der Waals surface area contributed by atoms with Crippen LogP contribution in [0.15, 0.2) is 91.0 Å². The van der Waals surface area contributed by atoms with Crippen molar-refractivity contribution in [1.29, 1.82) is 0 Å². The average molecular weight is 449 g/mol. The van der Waals surface area contributed by atoms with Crippen molar-refractivity contribution in [3.8, 4) is 11.5 Å². The second kappa shape index (κ2) is 7.96. The quantitative estimate of drug-likeness (QED) is 0.370. The first-order valence-corrected chi connectivity index (χ1v) is 11.4. The van der Waals surface area contributed by atoms with Gasteiger partial charge in [-0.25, -0.2) is 4.79 Å². The molecule has 0 bridgehead atoms.